The number of anilines is 1. The summed E-state index contributed by atoms with van der Waals surface area (Å²) in [6.45, 7) is -0.0368. The summed E-state index contributed by atoms with van der Waals surface area (Å²) in [5, 5.41) is 19.6. The number of carbonyl (C=O) groups excluding carboxylic acids is 4. The van der Waals surface area contributed by atoms with Gasteiger partial charge in [0.25, 0.3) is 5.91 Å². The maximum absolute atomic E-state index is 13.9. The third kappa shape index (κ3) is 7.98. The lowest BCUT2D eigenvalue weighted by atomic mass is 10.0. The molecular weight excluding hydrogens is 674 g/mol. The van der Waals surface area contributed by atoms with Crippen molar-refractivity contribution in [2.24, 2.45) is 0 Å². The van der Waals surface area contributed by atoms with E-state index in [0.29, 0.717) is 16.9 Å². The number of esters is 1. The van der Waals surface area contributed by atoms with Crippen LogP contribution in [0.3, 0.4) is 0 Å². The molecule has 16 heteroatoms. The molecule has 0 radical (unpaired) electrons. The fourth-order valence-corrected chi connectivity index (χ4v) is 5.66. The van der Waals surface area contributed by atoms with Gasteiger partial charge in [-0.1, -0.05) is 60.7 Å². The monoisotopic (exact) mass is 709 g/mol. The van der Waals surface area contributed by atoms with Gasteiger partial charge in [-0.3, -0.25) is 14.2 Å². The van der Waals surface area contributed by atoms with E-state index in [9.17, 15) is 24.3 Å². The molecule has 0 aliphatic carbocycles. The van der Waals surface area contributed by atoms with Crippen LogP contribution < -0.4 is 20.7 Å². The van der Waals surface area contributed by atoms with E-state index in [1.54, 1.807) is 78.9 Å². The molecule has 2 aromatic heterocycles. The zero-order chi connectivity index (χ0) is 36.6. The number of carbonyl (C=O) groups is 4. The number of methoxy groups -OCH3 is 2. The van der Waals surface area contributed by atoms with Gasteiger partial charge in [0.1, 0.15) is 30.8 Å². The quantitative estimate of drug-likeness (QED) is 0.138. The van der Waals surface area contributed by atoms with Crippen LogP contribution in [0.25, 0.3) is 11.2 Å². The molecule has 0 unspecified atom stereocenters. The number of ether oxygens (including phenoxy) is 4. The van der Waals surface area contributed by atoms with Crippen molar-refractivity contribution in [1.29, 1.82) is 0 Å². The number of aromatic nitrogens is 4. The van der Waals surface area contributed by atoms with E-state index in [0.717, 1.165) is 12.7 Å². The maximum Gasteiger partial charge on any atom is 0.408 e. The summed E-state index contributed by atoms with van der Waals surface area (Å²) >= 11 is 0. The van der Waals surface area contributed by atoms with Gasteiger partial charge in [0.15, 0.2) is 29.3 Å². The molecule has 3 heterocycles. The third-order valence-electron chi connectivity index (χ3n) is 8.34. The van der Waals surface area contributed by atoms with Crippen molar-refractivity contribution in [3.8, 4) is 5.75 Å². The molecule has 1 saturated heterocycles. The van der Waals surface area contributed by atoms with E-state index in [1.165, 1.54) is 24.3 Å². The number of fused-ring (bicyclic) bond motifs is 1. The first-order chi connectivity index (χ1) is 25.2. The van der Waals surface area contributed by atoms with Gasteiger partial charge in [-0.05, 0) is 35.4 Å². The van der Waals surface area contributed by atoms with Crippen molar-refractivity contribution in [3.63, 3.8) is 0 Å². The number of hydrogen-bond donors (Lipinski definition) is 4. The fraction of sp³-hybridized carbons (Fsp3) is 0.250. The summed E-state index contributed by atoms with van der Waals surface area (Å²) in [7, 11) is 2.67. The predicted molar refractivity (Wildman–Crippen MR) is 184 cm³/mol. The maximum atomic E-state index is 13.9. The van der Waals surface area contributed by atoms with Crippen LogP contribution in [0.15, 0.2) is 97.6 Å². The van der Waals surface area contributed by atoms with Crippen LogP contribution in [-0.2, 0) is 36.8 Å². The molecule has 52 heavy (non-hydrogen) atoms. The van der Waals surface area contributed by atoms with Crippen molar-refractivity contribution in [2.45, 2.75) is 43.5 Å². The highest BCUT2D eigenvalue weighted by Crippen LogP contribution is 2.33. The Labute approximate surface area is 297 Å². The Morgan fingerprint density at radius 2 is 1.62 bits per heavy atom. The minimum atomic E-state index is -1.55. The molecule has 0 saturated carbocycles. The number of hydrogen-bond acceptors (Lipinski definition) is 12. The van der Waals surface area contributed by atoms with Crippen LogP contribution in [0.4, 0.5) is 10.6 Å². The van der Waals surface area contributed by atoms with Crippen LogP contribution in [0, 0.1) is 0 Å². The normalized spacial score (nSPS) is 18.6. The molecule has 6 rings (SSSR count). The van der Waals surface area contributed by atoms with E-state index < -0.39 is 54.4 Å². The lowest BCUT2D eigenvalue weighted by molar-refractivity contribution is -0.156. The fourth-order valence-electron chi connectivity index (χ4n) is 5.66. The third-order valence-corrected chi connectivity index (χ3v) is 8.34. The van der Waals surface area contributed by atoms with Gasteiger partial charge in [0, 0.05) is 12.0 Å². The molecule has 268 valence electrons. The number of benzene rings is 3. The smallest absolute Gasteiger partial charge is 0.408 e. The molecule has 4 N–H and O–H groups in total. The second kappa shape index (κ2) is 16.1. The summed E-state index contributed by atoms with van der Waals surface area (Å²) in [6, 6.07) is 21.9. The molecule has 3 amide bonds. The van der Waals surface area contributed by atoms with Crippen LogP contribution in [-0.4, -0.2) is 87.0 Å². The highest BCUT2D eigenvalue weighted by atomic mass is 16.6. The molecule has 5 aromatic rings. The molecule has 5 atom stereocenters. The summed E-state index contributed by atoms with van der Waals surface area (Å²) < 4.78 is 22.9. The average Bonchev–Trinajstić information content (AvgIpc) is 3.75. The second-order valence-electron chi connectivity index (χ2n) is 11.7. The first kappa shape index (κ1) is 35.4. The minimum Gasteiger partial charge on any atom is -0.497 e. The van der Waals surface area contributed by atoms with Gasteiger partial charge in [0.05, 0.1) is 26.6 Å². The first-order valence-electron chi connectivity index (χ1n) is 16.1. The van der Waals surface area contributed by atoms with E-state index in [1.807, 2.05) is 6.07 Å². The Balaban J connectivity index is 1.22. The first-order valence-corrected chi connectivity index (χ1v) is 16.1. The molecule has 0 bridgehead atoms. The van der Waals surface area contributed by atoms with Gasteiger partial charge in [-0.25, -0.2) is 24.5 Å². The van der Waals surface area contributed by atoms with Crippen molar-refractivity contribution < 1.29 is 43.2 Å². The van der Waals surface area contributed by atoms with Crippen molar-refractivity contribution >= 4 is 40.9 Å². The van der Waals surface area contributed by atoms with E-state index in [2.05, 4.69) is 30.9 Å². The highest BCUT2D eigenvalue weighted by molar-refractivity contribution is 6.06. The van der Waals surface area contributed by atoms with Crippen molar-refractivity contribution in [2.75, 3.05) is 19.5 Å². The SMILES string of the molecule is COC(=O)[C@H]1O[C@@H](n2cnc3c(NC(=O)c4ccccc4)ncnc32)[C@H](O)[C@@H]1NC(=O)[C@H](Cc1ccc(OC)cc1)NC(=O)OCc1ccccc1. The zero-order valence-corrected chi connectivity index (χ0v) is 28.0. The van der Waals surface area contributed by atoms with Gasteiger partial charge in [0.2, 0.25) is 5.91 Å². The molecule has 3 aromatic carbocycles. The summed E-state index contributed by atoms with van der Waals surface area (Å²) in [4.78, 5) is 65.4. The Hall–Kier alpha value is -6.39. The lowest BCUT2D eigenvalue weighted by Crippen LogP contribution is -2.56. The number of alkyl carbamates (subject to hydrolysis) is 1. The summed E-state index contributed by atoms with van der Waals surface area (Å²) in [5.41, 5.74) is 2.16. The van der Waals surface area contributed by atoms with Gasteiger partial charge < -0.3 is 40.0 Å². The van der Waals surface area contributed by atoms with Gasteiger partial charge in [-0.15, -0.1) is 0 Å². The summed E-state index contributed by atoms with van der Waals surface area (Å²) in [6.07, 6.45) is -2.65. The van der Waals surface area contributed by atoms with Crippen molar-refractivity contribution in [1.82, 2.24) is 30.2 Å². The highest BCUT2D eigenvalue weighted by Gasteiger charge is 2.50. The van der Waals surface area contributed by atoms with Gasteiger partial charge in [-0.2, -0.15) is 0 Å². The standard InChI is InChI=1S/C36H35N7O9/c1-49-24-15-13-21(14-16-24)17-25(40-36(48)51-18-22-9-5-3-6-10-22)33(46)41-26-28(44)34(52-29(26)35(47)50-2)43-20-39-27-30(37-19-38-31(27)43)42-32(45)23-11-7-4-8-12-23/h3-16,19-20,25-26,28-29,34,44H,17-18H2,1-2H3,(H,40,48)(H,41,46)(H,37,38,42,45)/t25-,26-,28+,29-,34+/m0/s1. The Morgan fingerprint density at radius 1 is 0.904 bits per heavy atom. The minimum absolute atomic E-state index is 0.0206. The number of rotatable bonds is 12. The number of aliphatic hydroxyl groups is 1. The van der Waals surface area contributed by atoms with Crippen LogP contribution in [0.2, 0.25) is 0 Å². The molecule has 1 fully saturated rings. The zero-order valence-electron chi connectivity index (χ0n) is 28.0. The van der Waals surface area contributed by atoms with Crippen LogP contribution in [0.1, 0.15) is 27.7 Å². The van der Waals surface area contributed by atoms with Crippen LogP contribution in [0.5, 0.6) is 5.75 Å². The van der Waals surface area contributed by atoms with Gasteiger partial charge >= 0.3 is 12.1 Å². The van der Waals surface area contributed by atoms with Crippen molar-refractivity contribution in [3.05, 3.63) is 114 Å². The average molecular weight is 710 g/mol. The predicted octanol–water partition coefficient (Wildman–Crippen LogP) is 2.54. The number of imidazole rings is 1. The number of nitrogens with zero attached hydrogens (tertiary/aromatic N) is 4. The molecule has 16 nitrogen and oxygen atoms in total. The number of amides is 3. The molecule has 0 spiro atoms. The van der Waals surface area contributed by atoms with E-state index in [-0.39, 0.29) is 30.0 Å². The Bertz CT molecular complexity index is 2030. The number of aliphatic hydroxyl groups excluding tert-OH is 1. The molecule has 1 aliphatic rings. The summed E-state index contributed by atoms with van der Waals surface area (Å²) in [5.74, 6) is -1.34. The largest absolute Gasteiger partial charge is 0.497 e. The number of nitrogens with one attached hydrogen (secondary N) is 3. The lowest BCUT2D eigenvalue weighted by Gasteiger charge is -2.24. The Kier molecular flexibility index (Phi) is 11.0. The molecule has 1 aliphatic heterocycles. The topological polar surface area (TPSA) is 205 Å². The Morgan fingerprint density at radius 3 is 2.31 bits per heavy atom. The van der Waals surface area contributed by atoms with E-state index in [4.69, 9.17) is 18.9 Å². The van der Waals surface area contributed by atoms with Crippen LogP contribution >= 0.6 is 0 Å². The second-order valence-corrected chi connectivity index (χ2v) is 11.7. The molecular formula is C36H35N7O9. The van der Waals surface area contributed by atoms with E-state index >= 15 is 0 Å².